The summed E-state index contributed by atoms with van der Waals surface area (Å²) < 4.78 is 1.35. The van der Waals surface area contributed by atoms with Crippen molar-refractivity contribution in [2.75, 3.05) is 0 Å². The normalized spacial score (nSPS) is 12.8. The molecule has 0 aliphatic heterocycles. The topological polar surface area (TPSA) is 0 Å². The van der Waals surface area contributed by atoms with E-state index in [-0.39, 0.29) is 46.5 Å². The minimum atomic E-state index is 0. The molecule has 276 valence electrons. The third-order valence-corrected chi connectivity index (χ3v) is 11.6. The van der Waals surface area contributed by atoms with Crippen molar-refractivity contribution < 1.29 is 48.7 Å². The van der Waals surface area contributed by atoms with Gasteiger partial charge in [0.1, 0.15) is 0 Å². The Morgan fingerprint density at radius 3 is 1.13 bits per heavy atom. The minimum Gasteiger partial charge on any atom is -1.00 e. The third-order valence-electron chi connectivity index (χ3n) is 9.06. The van der Waals surface area contributed by atoms with E-state index in [1.54, 1.807) is 0 Å². The zero-order valence-corrected chi connectivity index (χ0v) is 39.6. The van der Waals surface area contributed by atoms with E-state index in [1.165, 1.54) is 58.2 Å². The van der Waals surface area contributed by atoms with Gasteiger partial charge in [-0.1, -0.05) is 117 Å². The van der Waals surface area contributed by atoms with Crippen molar-refractivity contribution in [3.05, 3.63) is 147 Å². The second kappa shape index (κ2) is 18.2. The van der Waals surface area contributed by atoms with E-state index >= 15 is 0 Å². The van der Waals surface area contributed by atoms with Crippen molar-refractivity contribution in [1.82, 2.24) is 0 Å². The summed E-state index contributed by atoms with van der Waals surface area (Å²) >= 11 is 12.7. The van der Waals surface area contributed by atoms with Gasteiger partial charge >= 0.3 is 120 Å². The van der Waals surface area contributed by atoms with Crippen molar-refractivity contribution >= 4 is 48.0 Å². The molecule has 0 N–H and O–H groups in total. The monoisotopic (exact) mass is 938 g/mol. The smallest absolute Gasteiger partial charge is 0.109 e. The number of halogens is 4. The predicted octanol–water partition coefficient (Wildman–Crippen LogP) is 8.32. The maximum Gasteiger partial charge on any atom is -0.109 e. The van der Waals surface area contributed by atoms with Crippen LogP contribution < -0.4 is 24.8 Å². The first kappa shape index (κ1) is 46.3. The summed E-state index contributed by atoms with van der Waals surface area (Å²) in [5, 5.41) is 7.11. The second-order valence-electron chi connectivity index (χ2n) is 17.5. The van der Waals surface area contributed by atoms with Gasteiger partial charge in [0.05, 0.1) is 0 Å². The van der Waals surface area contributed by atoms with Crippen LogP contribution >= 0.6 is 23.2 Å². The molecule has 0 fully saturated rings. The molecule has 0 atom stereocenters. The number of rotatable bonds is 2. The summed E-state index contributed by atoms with van der Waals surface area (Å²) in [7, 11) is 0. The van der Waals surface area contributed by atoms with Crippen LogP contribution in [0.5, 0.6) is 0 Å². The molecule has 6 rings (SSSR count). The van der Waals surface area contributed by atoms with E-state index in [1.807, 2.05) is 36.4 Å². The molecule has 0 radical (unpaired) electrons. The van der Waals surface area contributed by atoms with Crippen molar-refractivity contribution in [2.45, 2.75) is 111 Å². The molecule has 0 nitrogen and oxygen atoms in total. The second-order valence-corrected chi connectivity index (χ2v) is 20.2. The van der Waals surface area contributed by atoms with Crippen molar-refractivity contribution in [3.8, 4) is 0 Å². The summed E-state index contributed by atoms with van der Waals surface area (Å²) in [6, 6.07) is 28.2. The molecule has 0 unspecified atom stereocenters. The van der Waals surface area contributed by atoms with Gasteiger partial charge in [0.15, 0.2) is 0 Å². The predicted molar refractivity (Wildman–Crippen MR) is 220 cm³/mol. The zero-order chi connectivity index (χ0) is 37.2. The van der Waals surface area contributed by atoms with Gasteiger partial charge in [-0.15, -0.1) is 46.2 Å². The van der Waals surface area contributed by atoms with E-state index in [4.69, 9.17) is 23.2 Å². The van der Waals surface area contributed by atoms with Gasteiger partial charge in [0, 0.05) is 0 Å². The zero-order valence-electron chi connectivity index (χ0n) is 33.0. The van der Waals surface area contributed by atoms with Gasteiger partial charge in [0.25, 0.3) is 0 Å². The molecule has 5 heteroatoms. The van der Waals surface area contributed by atoms with Gasteiger partial charge in [-0.05, 0) is 21.7 Å². The summed E-state index contributed by atoms with van der Waals surface area (Å²) in [6.45, 7) is 28.0. The Morgan fingerprint density at radius 1 is 0.558 bits per heavy atom. The van der Waals surface area contributed by atoms with E-state index in [0.717, 1.165) is 40.4 Å². The average molecular weight is 939 g/mol. The Kier molecular flexibility index (Phi) is 16.2. The van der Waals surface area contributed by atoms with Crippen LogP contribution in [0.1, 0.15) is 123 Å². The Morgan fingerprint density at radius 2 is 0.885 bits per heavy atom. The van der Waals surface area contributed by atoms with Gasteiger partial charge in [0.2, 0.25) is 0 Å². The van der Waals surface area contributed by atoms with Gasteiger partial charge < -0.3 is 24.8 Å². The number of hydrogen-bond acceptors (Lipinski definition) is 0. The first-order valence-corrected chi connectivity index (χ1v) is 20.2. The van der Waals surface area contributed by atoms with Gasteiger partial charge in [-0.3, -0.25) is 6.08 Å². The molecule has 5 aromatic carbocycles. The van der Waals surface area contributed by atoms with Crippen LogP contribution in [0.2, 0.25) is 10.0 Å². The maximum atomic E-state index is 5.87. The summed E-state index contributed by atoms with van der Waals surface area (Å²) in [4.78, 5) is 0. The first-order chi connectivity index (χ1) is 23.1. The molecule has 1 aliphatic rings. The SMILES string of the molecule is CC(C)(C)c1cc2[cH-]c3cc(C(C)(C)C)c(C(C)(C)C)cc3c2cc1C(C)(C)C.Clc1ccc([C](=[Hf+2])c2ccc(Cl)cc2)cc1.[C-]1=CC=CC1.[Cl-].[Cl-]. The van der Waals surface area contributed by atoms with Crippen LogP contribution in [0.25, 0.3) is 21.5 Å². The first-order valence-electron chi connectivity index (χ1n) is 17.6. The number of hydrogen-bond donors (Lipinski definition) is 0. The van der Waals surface area contributed by atoms with E-state index in [0.29, 0.717) is 0 Å². The van der Waals surface area contributed by atoms with Crippen LogP contribution in [-0.4, -0.2) is 3.26 Å². The Bertz CT molecular complexity index is 1870. The standard InChI is InChI=1S/C29H41.C13H8Cl2.C5H5.2ClH.Hf/c1-26(2,3)22-14-18-13-19-15-23(27(4,5)6)25(29(10,11)12)17-21(19)20(18)16-24(22)28(7,8)9;14-12-5-1-10(2-6-12)9-11-3-7-13(15)8-4-11;1-2-4-5-3-1;;;/h13-17H,1-12H3;1-8H;1-3H,4H2;2*1H;/q-1;;-1;;;+2/p-2. The fourth-order valence-corrected chi connectivity index (χ4v) is 7.78. The molecular formula is C47H54Cl4Hf-2. The van der Waals surface area contributed by atoms with Gasteiger partial charge in [-0.25, -0.2) is 12.2 Å². The summed E-state index contributed by atoms with van der Waals surface area (Å²) in [5.74, 6) is 0. The van der Waals surface area contributed by atoms with Crippen LogP contribution in [0.4, 0.5) is 0 Å². The Labute approximate surface area is 351 Å². The van der Waals surface area contributed by atoms with Crippen molar-refractivity contribution in [3.63, 3.8) is 0 Å². The molecule has 0 heterocycles. The molecule has 0 spiro atoms. The fourth-order valence-electron chi connectivity index (χ4n) is 6.33. The number of allylic oxidation sites excluding steroid dienone is 4. The molecular weight excluding hydrogens is 885 g/mol. The molecule has 52 heavy (non-hydrogen) atoms. The maximum absolute atomic E-state index is 5.87. The van der Waals surface area contributed by atoms with Crippen LogP contribution in [0, 0.1) is 6.08 Å². The molecule has 0 bridgehead atoms. The number of benzene rings is 4. The van der Waals surface area contributed by atoms with Crippen LogP contribution in [-0.2, 0) is 45.6 Å². The largest absolute Gasteiger partial charge is 1.00 e. The Hall–Kier alpha value is -1.87. The van der Waals surface area contributed by atoms with E-state index < -0.39 is 0 Å². The molecule has 0 saturated carbocycles. The Balaban J connectivity index is 0.000000340. The van der Waals surface area contributed by atoms with E-state index in [2.05, 4.69) is 150 Å². The fraction of sp³-hybridized carbons (Fsp3) is 0.362. The molecule has 0 saturated heterocycles. The summed E-state index contributed by atoms with van der Waals surface area (Å²) in [6.07, 6.45) is 10.0. The van der Waals surface area contributed by atoms with E-state index in [9.17, 15) is 0 Å². The average Bonchev–Trinajstić information content (AvgIpc) is 3.71. The van der Waals surface area contributed by atoms with Gasteiger partial charge in [-0.2, -0.15) is 6.08 Å². The molecule has 1 aliphatic carbocycles. The third kappa shape index (κ3) is 11.8. The summed E-state index contributed by atoms with van der Waals surface area (Å²) in [5.41, 5.74) is 8.87. The molecule has 0 amide bonds. The van der Waals surface area contributed by atoms with Crippen LogP contribution in [0.3, 0.4) is 0 Å². The van der Waals surface area contributed by atoms with Crippen molar-refractivity contribution in [2.24, 2.45) is 0 Å². The van der Waals surface area contributed by atoms with Crippen LogP contribution in [0.15, 0.2) is 97.1 Å². The minimum absolute atomic E-state index is 0. The molecule has 0 aromatic heterocycles. The molecule has 5 aromatic rings. The van der Waals surface area contributed by atoms with Crippen molar-refractivity contribution in [1.29, 1.82) is 0 Å². The number of fused-ring (bicyclic) bond motifs is 3. The quantitative estimate of drug-likeness (QED) is 0.124.